The molecule has 2 rings (SSSR count). The van der Waals surface area contributed by atoms with E-state index >= 15 is 0 Å². The summed E-state index contributed by atoms with van der Waals surface area (Å²) in [6.45, 7) is 4.59. The zero-order valence-electron chi connectivity index (χ0n) is 9.83. The Labute approximate surface area is 113 Å². The fourth-order valence-electron chi connectivity index (χ4n) is 1.82. The fourth-order valence-corrected chi connectivity index (χ4v) is 3.18. The minimum Gasteiger partial charge on any atom is -0.325 e. The molecule has 90 valence electrons. The molecule has 0 unspecified atom stereocenters. The third-order valence-corrected chi connectivity index (χ3v) is 4.32. The minimum atomic E-state index is 0.464. The molecule has 2 aromatic rings. The summed E-state index contributed by atoms with van der Waals surface area (Å²) in [6, 6.07) is 2.03. The summed E-state index contributed by atoms with van der Waals surface area (Å²) < 4.78 is 1.06. The lowest BCUT2D eigenvalue weighted by Gasteiger charge is -2.09. The van der Waals surface area contributed by atoms with Crippen LogP contribution in [-0.4, -0.2) is 9.97 Å². The summed E-state index contributed by atoms with van der Waals surface area (Å²) >= 11 is 5.07. The topological polar surface area (TPSA) is 51.8 Å². The van der Waals surface area contributed by atoms with Gasteiger partial charge in [0.25, 0.3) is 0 Å². The standard InChI is InChI=1S/C12H14BrN3S/c1-3-9-7(2)15-12(16-10(9)5-14)11-4-8(13)6-17-11/h4,6H,3,5,14H2,1-2H3. The summed E-state index contributed by atoms with van der Waals surface area (Å²) in [5.41, 5.74) is 8.91. The van der Waals surface area contributed by atoms with Crippen molar-refractivity contribution in [2.24, 2.45) is 5.73 Å². The molecule has 0 saturated heterocycles. The molecule has 0 fully saturated rings. The van der Waals surface area contributed by atoms with Crippen molar-refractivity contribution in [2.45, 2.75) is 26.8 Å². The summed E-state index contributed by atoms with van der Waals surface area (Å²) in [6.07, 6.45) is 0.923. The van der Waals surface area contributed by atoms with E-state index in [2.05, 4.69) is 32.8 Å². The Morgan fingerprint density at radius 1 is 1.41 bits per heavy atom. The van der Waals surface area contributed by atoms with Crippen molar-refractivity contribution in [2.75, 3.05) is 0 Å². The second kappa shape index (κ2) is 5.25. The Morgan fingerprint density at radius 3 is 2.71 bits per heavy atom. The molecule has 0 aliphatic rings. The Hall–Kier alpha value is -0.780. The van der Waals surface area contributed by atoms with Crippen LogP contribution in [0.25, 0.3) is 10.7 Å². The number of thiophene rings is 1. The molecule has 0 aromatic carbocycles. The van der Waals surface area contributed by atoms with Crippen molar-refractivity contribution in [1.29, 1.82) is 0 Å². The Balaban J connectivity index is 2.53. The molecule has 0 atom stereocenters. The van der Waals surface area contributed by atoms with Gasteiger partial charge in [0.1, 0.15) is 0 Å². The first-order chi connectivity index (χ1) is 8.15. The lowest BCUT2D eigenvalue weighted by atomic mass is 10.1. The monoisotopic (exact) mass is 311 g/mol. The van der Waals surface area contributed by atoms with Gasteiger partial charge in [-0.3, -0.25) is 0 Å². The van der Waals surface area contributed by atoms with Crippen LogP contribution in [0.5, 0.6) is 0 Å². The third-order valence-electron chi connectivity index (χ3n) is 2.63. The Kier molecular flexibility index (Phi) is 3.91. The van der Waals surface area contributed by atoms with Crippen LogP contribution in [0.2, 0.25) is 0 Å². The van der Waals surface area contributed by atoms with Crippen LogP contribution in [-0.2, 0) is 13.0 Å². The van der Waals surface area contributed by atoms with Gasteiger partial charge >= 0.3 is 0 Å². The van der Waals surface area contributed by atoms with Crippen LogP contribution in [0, 0.1) is 6.92 Å². The predicted octanol–water partition coefficient (Wildman–Crippen LogP) is 3.30. The van der Waals surface area contributed by atoms with Crippen molar-refractivity contribution in [3.05, 3.63) is 32.9 Å². The number of hydrogen-bond donors (Lipinski definition) is 1. The SMILES string of the molecule is CCc1c(C)nc(-c2cc(Br)cs2)nc1CN. The van der Waals surface area contributed by atoms with E-state index in [9.17, 15) is 0 Å². The average Bonchev–Trinajstić information content (AvgIpc) is 2.74. The van der Waals surface area contributed by atoms with Gasteiger partial charge in [-0.25, -0.2) is 9.97 Å². The Morgan fingerprint density at radius 2 is 2.18 bits per heavy atom. The maximum Gasteiger partial charge on any atom is 0.169 e. The molecule has 0 amide bonds. The first kappa shape index (κ1) is 12.7. The quantitative estimate of drug-likeness (QED) is 0.946. The molecule has 0 saturated carbocycles. The number of nitrogens with zero attached hydrogens (tertiary/aromatic N) is 2. The normalized spacial score (nSPS) is 10.8. The smallest absolute Gasteiger partial charge is 0.169 e. The van der Waals surface area contributed by atoms with Crippen LogP contribution < -0.4 is 5.73 Å². The van der Waals surface area contributed by atoms with Crippen LogP contribution in [0.1, 0.15) is 23.9 Å². The van der Waals surface area contributed by atoms with Gasteiger partial charge in [-0.1, -0.05) is 6.92 Å². The molecular weight excluding hydrogens is 298 g/mol. The van der Waals surface area contributed by atoms with Crippen molar-refractivity contribution in [1.82, 2.24) is 9.97 Å². The number of rotatable bonds is 3. The molecule has 17 heavy (non-hydrogen) atoms. The van der Waals surface area contributed by atoms with E-state index < -0.39 is 0 Å². The highest BCUT2D eigenvalue weighted by Gasteiger charge is 2.11. The number of halogens is 1. The summed E-state index contributed by atoms with van der Waals surface area (Å²) in [7, 11) is 0. The summed E-state index contributed by atoms with van der Waals surface area (Å²) in [4.78, 5) is 10.2. The molecule has 0 aliphatic carbocycles. The molecule has 5 heteroatoms. The van der Waals surface area contributed by atoms with Gasteiger partial charge in [-0.2, -0.15) is 0 Å². The highest BCUT2D eigenvalue weighted by atomic mass is 79.9. The highest BCUT2D eigenvalue weighted by molar-refractivity contribution is 9.10. The van der Waals surface area contributed by atoms with Gasteiger partial charge in [0.05, 0.1) is 10.6 Å². The van der Waals surface area contributed by atoms with Gasteiger partial charge in [0.2, 0.25) is 0 Å². The Bertz CT molecular complexity index is 537. The van der Waals surface area contributed by atoms with Crippen molar-refractivity contribution in [3.8, 4) is 10.7 Å². The zero-order valence-corrected chi connectivity index (χ0v) is 12.2. The first-order valence-corrected chi connectivity index (χ1v) is 7.13. The van der Waals surface area contributed by atoms with Gasteiger partial charge in [-0.15, -0.1) is 11.3 Å². The van der Waals surface area contributed by atoms with Crippen molar-refractivity contribution >= 4 is 27.3 Å². The fraction of sp³-hybridized carbons (Fsp3) is 0.333. The van der Waals surface area contributed by atoms with E-state index in [4.69, 9.17) is 5.73 Å². The van der Waals surface area contributed by atoms with E-state index in [1.54, 1.807) is 11.3 Å². The zero-order chi connectivity index (χ0) is 12.4. The second-order valence-corrected chi connectivity index (χ2v) is 5.57. The van der Waals surface area contributed by atoms with E-state index in [0.717, 1.165) is 33.0 Å². The molecular formula is C12H14BrN3S. The van der Waals surface area contributed by atoms with Crippen LogP contribution in [0.15, 0.2) is 15.9 Å². The largest absolute Gasteiger partial charge is 0.325 e. The second-order valence-electron chi connectivity index (χ2n) is 3.74. The number of aryl methyl sites for hydroxylation is 1. The molecule has 0 spiro atoms. The van der Waals surface area contributed by atoms with Gasteiger partial charge in [0, 0.05) is 22.1 Å². The van der Waals surface area contributed by atoms with E-state index in [1.807, 2.05) is 18.4 Å². The molecule has 2 heterocycles. The molecule has 0 aliphatic heterocycles. The maximum atomic E-state index is 5.75. The number of hydrogen-bond acceptors (Lipinski definition) is 4. The molecule has 2 N–H and O–H groups in total. The summed E-state index contributed by atoms with van der Waals surface area (Å²) in [5.74, 6) is 0.774. The molecule has 0 bridgehead atoms. The summed E-state index contributed by atoms with van der Waals surface area (Å²) in [5, 5.41) is 2.03. The number of nitrogens with two attached hydrogens (primary N) is 1. The van der Waals surface area contributed by atoms with Gasteiger partial charge in [0.15, 0.2) is 5.82 Å². The average molecular weight is 312 g/mol. The van der Waals surface area contributed by atoms with Crippen molar-refractivity contribution < 1.29 is 0 Å². The maximum absolute atomic E-state index is 5.75. The predicted molar refractivity (Wildman–Crippen MR) is 75.1 cm³/mol. The third kappa shape index (κ3) is 2.56. The minimum absolute atomic E-state index is 0.464. The highest BCUT2D eigenvalue weighted by Crippen LogP contribution is 2.28. The van der Waals surface area contributed by atoms with Crippen LogP contribution in [0.3, 0.4) is 0 Å². The molecule has 0 radical (unpaired) electrons. The van der Waals surface area contributed by atoms with Gasteiger partial charge < -0.3 is 5.73 Å². The lowest BCUT2D eigenvalue weighted by molar-refractivity contribution is 0.893. The van der Waals surface area contributed by atoms with E-state index in [-0.39, 0.29) is 0 Å². The molecule has 2 aromatic heterocycles. The van der Waals surface area contributed by atoms with Gasteiger partial charge in [-0.05, 0) is 40.9 Å². The first-order valence-electron chi connectivity index (χ1n) is 5.46. The van der Waals surface area contributed by atoms with Crippen molar-refractivity contribution in [3.63, 3.8) is 0 Å². The van der Waals surface area contributed by atoms with Crippen LogP contribution >= 0.6 is 27.3 Å². The lowest BCUT2D eigenvalue weighted by Crippen LogP contribution is -2.09. The van der Waals surface area contributed by atoms with Crippen LogP contribution in [0.4, 0.5) is 0 Å². The van der Waals surface area contributed by atoms with E-state index in [0.29, 0.717) is 6.54 Å². The van der Waals surface area contributed by atoms with E-state index in [1.165, 1.54) is 5.56 Å². The number of aromatic nitrogens is 2. The molecule has 3 nitrogen and oxygen atoms in total.